The van der Waals surface area contributed by atoms with Gasteiger partial charge in [-0.15, -0.1) is 12.4 Å². The van der Waals surface area contributed by atoms with Gasteiger partial charge in [0.15, 0.2) is 0 Å². The van der Waals surface area contributed by atoms with Gasteiger partial charge in [-0.25, -0.2) is 4.98 Å². The first-order chi connectivity index (χ1) is 9.02. The number of halogens is 2. The molecule has 0 aliphatic heterocycles. The number of hydrogen-bond acceptors (Lipinski definition) is 3. The van der Waals surface area contributed by atoms with Crippen LogP contribution in [-0.4, -0.2) is 35.6 Å². The number of hydrogen-bond donors (Lipinski definition) is 1. The zero-order chi connectivity index (χ0) is 13.9. The zero-order valence-electron chi connectivity index (χ0n) is 12.2. The molecule has 2 atom stereocenters. The second kappa shape index (κ2) is 7.60. The SMILES string of the molecule is CN(C)CC1CCCCCC1(O)c1ccc(Cl)nc1.Cl. The van der Waals surface area contributed by atoms with E-state index in [0.29, 0.717) is 5.15 Å². The molecule has 114 valence electrons. The molecule has 0 amide bonds. The molecule has 1 aliphatic carbocycles. The summed E-state index contributed by atoms with van der Waals surface area (Å²) in [6.45, 7) is 0.902. The van der Waals surface area contributed by atoms with Crippen LogP contribution in [0.2, 0.25) is 5.15 Å². The van der Waals surface area contributed by atoms with E-state index in [4.69, 9.17) is 11.6 Å². The van der Waals surface area contributed by atoms with E-state index in [-0.39, 0.29) is 18.3 Å². The average Bonchev–Trinajstić information content (AvgIpc) is 2.53. The molecule has 1 N–H and O–H groups in total. The number of nitrogens with zero attached hydrogens (tertiary/aromatic N) is 2. The van der Waals surface area contributed by atoms with Gasteiger partial charge in [0.2, 0.25) is 0 Å². The molecule has 0 aromatic carbocycles. The van der Waals surface area contributed by atoms with Crippen LogP contribution in [0.25, 0.3) is 0 Å². The van der Waals surface area contributed by atoms with Crippen LogP contribution in [0.4, 0.5) is 0 Å². The van der Waals surface area contributed by atoms with Crippen molar-refractivity contribution in [3.63, 3.8) is 0 Å². The van der Waals surface area contributed by atoms with Crippen LogP contribution in [-0.2, 0) is 5.60 Å². The molecule has 20 heavy (non-hydrogen) atoms. The summed E-state index contributed by atoms with van der Waals surface area (Å²) in [7, 11) is 4.12. The minimum atomic E-state index is -0.766. The van der Waals surface area contributed by atoms with E-state index in [9.17, 15) is 5.11 Å². The van der Waals surface area contributed by atoms with Crippen molar-refractivity contribution in [1.29, 1.82) is 0 Å². The molecule has 0 saturated heterocycles. The first-order valence-electron chi connectivity index (χ1n) is 7.01. The third-order valence-electron chi connectivity index (χ3n) is 4.10. The van der Waals surface area contributed by atoms with Crippen LogP contribution in [0.3, 0.4) is 0 Å². The zero-order valence-corrected chi connectivity index (χ0v) is 13.8. The van der Waals surface area contributed by atoms with Crippen LogP contribution in [0, 0.1) is 5.92 Å². The summed E-state index contributed by atoms with van der Waals surface area (Å²) < 4.78 is 0. The topological polar surface area (TPSA) is 36.4 Å². The molecule has 2 rings (SSSR count). The standard InChI is InChI=1S/C15H23ClN2O.ClH/c1-18(2)11-13-6-4-3-5-9-15(13,19)12-7-8-14(16)17-10-12;/h7-8,10,13,19H,3-6,9,11H2,1-2H3;1H. The summed E-state index contributed by atoms with van der Waals surface area (Å²) >= 11 is 5.85. The summed E-state index contributed by atoms with van der Waals surface area (Å²) in [6.07, 6.45) is 7.08. The highest BCUT2D eigenvalue weighted by molar-refractivity contribution is 6.29. The van der Waals surface area contributed by atoms with Crippen molar-refractivity contribution in [2.45, 2.75) is 37.7 Å². The molecule has 1 fully saturated rings. The Morgan fingerprint density at radius 1 is 1.35 bits per heavy atom. The van der Waals surface area contributed by atoms with Gasteiger partial charge in [-0.2, -0.15) is 0 Å². The molecule has 0 bridgehead atoms. The highest BCUT2D eigenvalue weighted by Crippen LogP contribution is 2.40. The van der Waals surface area contributed by atoms with E-state index < -0.39 is 5.60 Å². The van der Waals surface area contributed by atoms with Crippen molar-refractivity contribution in [3.8, 4) is 0 Å². The van der Waals surface area contributed by atoms with Crippen molar-refractivity contribution in [1.82, 2.24) is 9.88 Å². The van der Waals surface area contributed by atoms with Crippen LogP contribution >= 0.6 is 24.0 Å². The van der Waals surface area contributed by atoms with Crippen LogP contribution in [0.5, 0.6) is 0 Å². The minimum Gasteiger partial charge on any atom is -0.385 e. The Kier molecular flexibility index (Phi) is 6.73. The summed E-state index contributed by atoms with van der Waals surface area (Å²) in [5.74, 6) is 0.257. The third kappa shape index (κ3) is 4.08. The lowest BCUT2D eigenvalue weighted by Crippen LogP contribution is -2.40. The predicted molar refractivity (Wildman–Crippen MR) is 85.5 cm³/mol. The number of rotatable bonds is 3. The first-order valence-corrected chi connectivity index (χ1v) is 7.39. The Morgan fingerprint density at radius 2 is 2.10 bits per heavy atom. The van der Waals surface area contributed by atoms with Crippen LogP contribution < -0.4 is 0 Å². The number of aliphatic hydroxyl groups is 1. The van der Waals surface area contributed by atoms with Gasteiger partial charge in [-0.3, -0.25) is 0 Å². The minimum absolute atomic E-state index is 0. The Balaban J connectivity index is 0.00000200. The van der Waals surface area contributed by atoms with Gasteiger partial charge in [-0.1, -0.05) is 36.9 Å². The van der Waals surface area contributed by atoms with E-state index in [2.05, 4.69) is 24.0 Å². The molecule has 1 heterocycles. The van der Waals surface area contributed by atoms with Gasteiger partial charge >= 0.3 is 0 Å². The second-order valence-electron chi connectivity index (χ2n) is 5.85. The molecular weight excluding hydrogens is 295 g/mol. The monoisotopic (exact) mass is 318 g/mol. The lowest BCUT2D eigenvalue weighted by atomic mass is 9.78. The van der Waals surface area contributed by atoms with Crippen molar-refractivity contribution in [2.75, 3.05) is 20.6 Å². The molecule has 5 heteroatoms. The Hall–Kier alpha value is -0.350. The maximum Gasteiger partial charge on any atom is 0.129 e. The molecule has 1 aromatic heterocycles. The van der Waals surface area contributed by atoms with Crippen LogP contribution in [0.15, 0.2) is 18.3 Å². The maximum atomic E-state index is 11.2. The lowest BCUT2D eigenvalue weighted by molar-refractivity contribution is -0.0390. The van der Waals surface area contributed by atoms with E-state index in [1.54, 1.807) is 12.3 Å². The highest BCUT2D eigenvalue weighted by atomic mass is 35.5. The fourth-order valence-corrected chi connectivity index (χ4v) is 3.21. The molecule has 2 unspecified atom stereocenters. The van der Waals surface area contributed by atoms with Gasteiger partial charge in [0.1, 0.15) is 5.15 Å². The summed E-state index contributed by atoms with van der Waals surface area (Å²) in [4.78, 5) is 6.29. The van der Waals surface area contributed by atoms with E-state index in [1.165, 1.54) is 12.8 Å². The molecular formula is C15H24Cl2N2O. The Bertz CT molecular complexity index is 411. The van der Waals surface area contributed by atoms with E-state index >= 15 is 0 Å². The molecule has 1 saturated carbocycles. The quantitative estimate of drug-likeness (QED) is 0.684. The van der Waals surface area contributed by atoms with E-state index in [0.717, 1.165) is 31.4 Å². The fraction of sp³-hybridized carbons (Fsp3) is 0.667. The third-order valence-corrected chi connectivity index (χ3v) is 4.32. The van der Waals surface area contributed by atoms with Crippen LogP contribution in [0.1, 0.15) is 37.7 Å². The smallest absolute Gasteiger partial charge is 0.129 e. The maximum absolute atomic E-state index is 11.2. The molecule has 1 aliphatic rings. The second-order valence-corrected chi connectivity index (χ2v) is 6.24. The molecule has 3 nitrogen and oxygen atoms in total. The van der Waals surface area contributed by atoms with Gasteiger partial charge in [0.25, 0.3) is 0 Å². The van der Waals surface area contributed by atoms with Gasteiger partial charge < -0.3 is 10.0 Å². The first kappa shape index (κ1) is 17.7. The number of aromatic nitrogens is 1. The predicted octanol–water partition coefficient (Wildman–Crippen LogP) is 3.49. The van der Waals surface area contributed by atoms with Gasteiger partial charge in [0, 0.05) is 24.2 Å². The van der Waals surface area contributed by atoms with E-state index in [1.807, 2.05) is 6.07 Å². The fourth-order valence-electron chi connectivity index (χ4n) is 3.10. The number of pyridine rings is 1. The highest BCUT2D eigenvalue weighted by Gasteiger charge is 2.39. The van der Waals surface area contributed by atoms with Crippen molar-refractivity contribution in [2.24, 2.45) is 5.92 Å². The summed E-state index contributed by atoms with van der Waals surface area (Å²) in [5, 5.41) is 11.7. The largest absolute Gasteiger partial charge is 0.385 e. The molecule has 0 radical (unpaired) electrons. The molecule has 1 aromatic rings. The Morgan fingerprint density at radius 3 is 2.70 bits per heavy atom. The van der Waals surface area contributed by atoms with Gasteiger partial charge in [-0.05, 0) is 33.0 Å². The average molecular weight is 319 g/mol. The normalized spacial score (nSPS) is 26.9. The molecule has 0 spiro atoms. The Labute approximate surface area is 132 Å². The summed E-state index contributed by atoms with van der Waals surface area (Å²) in [5.41, 5.74) is 0.142. The van der Waals surface area contributed by atoms with Crippen molar-refractivity contribution in [3.05, 3.63) is 29.0 Å². The van der Waals surface area contributed by atoms with Crippen molar-refractivity contribution < 1.29 is 5.11 Å². The summed E-state index contributed by atoms with van der Waals surface area (Å²) in [6, 6.07) is 3.69. The van der Waals surface area contributed by atoms with Gasteiger partial charge in [0.05, 0.1) is 5.60 Å². The van der Waals surface area contributed by atoms with Crippen molar-refractivity contribution >= 4 is 24.0 Å². The lowest BCUT2D eigenvalue weighted by Gasteiger charge is -2.36.